The van der Waals surface area contributed by atoms with Gasteiger partial charge in [-0.25, -0.2) is 9.48 Å². The first-order chi connectivity index (χ1) is 19.0. The Morgan fingerprint density at radius 1 is 1.08 bits per heavy atom. The van der Waals surface area contributed by atoms with Crippen molar-refractivity contribution >= 4 is 5.97 Å². The van der Waals surface area contributed by atoms with E-state index in [1.165, 1.54) is 19.0 Å². The van der Waals surface area contributed by atoms with Gasteiger partial charge < -0.3 is 14.6 Å². The van der Waals surface area contributed by atoms with E-state index in [0.717, 1.165) is 47.5 Å². The topological polar surface area (TPSA) is 104 Å². The maximum atomic E-state index is 12.1. The van der Waals surface area contributed by atoms with Gasteiger partial charge in [-0.3, -0.25) is 4.68 Å². The molecule has 39 heavy (non-hydrogen) atoms. The zero-order chi connectivity index (χ0) is 26.9. The van der Waals surface area contributed by atoms with E-state index in [-0.39, 0.29) is 23.5 Å². The standard InChI is InChI=1S/C30H33N5O4/c1-34-17-27(32-33-34)24-15-25(24)29-26(30(36)37)16-31-35(29)22-10-5-8-19(13-22)20-9-6-11-23(14-20)39-18-21-7-3-4-12-28(21)38-2/h5-6,8-11,13-14,16-17,21,24-25,28H,3-4,7,12,15,18H2,1-2H3,(H,36,37)/t21?,24-,25-,28?/m0/s1. The van der Waals surface area contributed by atoms with E-state index < -0.39 is 5.97 Å². The van der Waals surface area contributed by atoms with E-state index in [2.05, 4.69) is 27.5 Å². The maximum absolute atomic E-state index is 12.1. The van der Waals surface area contributed by atoms with Crippen molar-refractivity contribution in [3.8, 4) is 22.6 Å². The molecule has 2 fully saturated rings. The Balaban J connectivity index is 1.25. The molecule has 2 aliphatic rings. The highest BCUT2D eigenvalue weighted by atomic mass is 16.5. The average Bonchev–Trinajstić information content (AvgIpc) is 3.40. The Kier molecular flexibility index (Phi) is 6.91. The van der Waals surface area contributed by atoms with Crippen LogP contribution in [0.25, 0.3) is 16.8 Å². The molecule has 0 amide bonds. The fraction of sp³-hybridized carbons (Fsp3) is 0.400. The molecule has 2 saturated carbocycles. The molecule has 0 radical (unpaired) electrons. The van der Waals surface area contributed by atoms with Crippen molar-refractivity contribution in [3.63, 3.8) is 0 Å². The fourth-order valence-corrected chi connectivity index (χ4v) is 5.90. The molecular weight excluding hydrogens is 494 g/mol. The van der Waals surface area contributed by atoms with E-state index in [1.54, 1.807) is 16.5 Å². The summed E-state index contributed by atoms with van der Waals surface area (Å²) in [7, 11) is 3.62. The van der Waals surface area contributed by atoms with E-state index in [4.69, 9.17) is 9.47 Å². The maximum Gasteiger partial charge on any atom is 0.339 e. The van der Waals surface area contributed by atoms with Crippen molar-refractivity contribution in [2.45, 2.75) is 50.0 Å². The minimum atomic E-state index is -0.976. The van der Waals surface area contributed by atoms with Gasteiger partial charge in [-0.1, -0.05) is 42.3 Å². The number of aromatic carboxylic acids is 1. The van der Waals surface area contributed by atoms with Crippen LogP contribution in [-0.2, 0) is 11.8 Å². The number of benzene rings is 2. The molecule has 2 heterocycles. The summed E-state index contributed by atoms with van der Waals surface area (Å²) in [4.78, 5) is 12.1. The normalized spacial score (nSPS) is 22.5. The number of ether oxygens (including phenoxy) is 2. The first-order valence-corrected chi connectivity index (χ1v) is 13.6. The molecule has 1 N–H and O–H groups in total. The van der Waals surface area contributed by atoms with Crippen molar-refractivity contribution in [1.82, 2.24) is 24.8 Å². The molecule has 9 heteroatoms. The van der Waals surface area contributed by atoms with Crippen LogP contribution in [0.5, 0.6) is 5.75 Å². The van der Waals surface area contributed by atoms with Crippen molar-refractivity contribution in [2.24, 2.45) is 13.0 Å². The lowest BCUT2D eigenvalue weighted by Crippen LogP contribution is -2.31. The van der Waals surface area contributed by atoms with Crippen LogP contribution in [0, 0.1) is 5.92 Å². The van der Waals surface area contributed by atoms with Gasteiger partial charge in [-0.05, 0) is 54.7 Å². The number of nitrogens with zero attached hydrogens (tertiary/aromatic N) is 5. The summed E-state index contributed by atoms with van der Waals surface area (Å²) in [6.45, 7) is 0.644. The van der Waals surface area contributed by atoms with Gasteiger partial charge in [-0.15, -0.1) is 5.10 Å². The molecule has 9 nitrogen and oxygen atoms in total. The van der Waals surface area contributed by atoms with Crippen LogP contribution in [-0.4, -0.2) is 55.7 Å². The Labute approximate surface area is 227 Å². The van der Waals surface area contributed by atoms with Gasteiger partial charge in [0.1, 0.15) is 11.3 Å². The second-order valence-electron chi connectivity index (χ2n) is 10.6. The largest absolute Gasteiger partial charge is 0.493 e. The molecular formula is C30H33N5O4. The zero-order valence-corrected chi connectivity index (χ0v) is 22.2. The molecule has 0 saturated heterocycles. The molecule has 2 aliphatic carbocycles. The number of carboxylic acids is 1. The molecule has 0 bridgehead atoms. The van der Waals surface area contributed by atoms with Crippen LogP contribution in [0.1, 0.15) is 65.7 Å². The van der Waals surface area contributed by atoms with Crippen LogP contribution >= 0.6 is 0 Å². The van der Waals surface area contributed by atoms with Gasteiger partial charge in [0.25, 0.3) is 0 Å². The predicted octanol–water partition coefficient (Wildman–Crippen LogP) is 5.22. The van der Waals surface area contributed by atoms with Gasteiger partial charge in [0.05, 0.1) is 36.0 Å². The Bertz CT molecular complexity index is 1480. The monoisotopic (exact) mass is 527 g/mol. The summed E-state index contributed by atoms with van der Waals surface area (Å²) >= 11 is 0. The second-order valence-corrected chi connectivity index (χ2v) is 10.6. The number of carbonyl (C=O) groups is 1. The fourth-order valence-electron chi connectivity index (χ4n) is 5.90. The van der Waals surface area contributed by atoms with Gasteiger partial charge in [0, 0.05) is 38.1 Å². The Hall–Kier alpha value is -3.98. The summed E-state index contributed by atoms with van der Waals surface area (Å²) in [5, 5.41) is 22.7. The molecule has 2 aromatic heterocycles. The summed E-state index contributed by atoms with van der Waals surface area (Å²) in [6.07, 6.45) is 9.08. The third kappa shape index (κ3) is 5.18. The van der Waals surface area contributed by atoms with E-state index >= 15 is 0 Å². The molecule has 2 aromatic carbocycles. The number of rotatable bonds is 9. The van der Waals surface area contributed by atoms with Crippen molar-refractivity contribution in [2.75, 3.05) is 13.7 Å². The van der Waals surface area contributed by atoms with Gasteiger partial charge in [-0.2, -0.15) is 5.10 Å². The Morgan fingerprint density at radius 3 is 2.64 bits per heavy atom. The average molecular weight is 528 g/mol. The van der Waals surface area contributed by atoms with E-state index in [0.29, 0.717) is 18.2 Å². The number of aromatic nitrogens is 5. The second kappa shape index (κ2) is 10.6. The van der Waals surface area contributed by atoms with Crippen LogP contribution in [0.4, 0.5) is 0 Å². The molecule has 0 aliphatic heterocycles. The van der Waals surface area contributed by atoms with Crippen molar-refractivity contribution in [1.29, 1.82) is 0 Å². The molecule has 4 atom stereocenters. The quantitative estimate of drug-likeness (QED) is 0.318. The summed E-state index contributed by atoms with van der Waals surface area (Å²) in [6, 6.07) is 16.1. The van der Waals surface area contributed by atoms with Crippen LogP contribution in [0.2, 0.25) is 0 Å². The molecule has 0 spiro atoms. The predicted molar refractivity (Wildman–Crippen MR) is 145 cm³/mol. The highest BCUT2D eigenvalue weighted by Crippen LogP contribution is 2.55. The lowest BCUT2D eigenvalue weighted by molar-refractivity contribution is 0.00483. The Morgan fingerprint density at radius 2 is 1.87 bits per heavy atom. The van der Waals surface area contributed by atoms with Crippen LogP contribution in [0.3, 0.4) is 0 Å². The van der Waals surface area contributed by atoms with Gasteiger partial charge >= 0.3 is 5.97 Å². The number of carboxylic acid groups (broad SMARTS) is 1. The summed E-state index contributed by atoms with van der Waals surface area (Å²) in [5.41, 5.74) is 4.65. The summed E-state index contributed by atoms with van der Waals surface area (Å²) < 4.78 is 15.4. The molecule has 4 aromatic rings. The first-order valence-electron chi connectivity index (χ1n) is 13.6. The lowest BCUT2D eigenvalue weighted by atomic mass is 9.87. The van der Waals surface area contributed by atoms with Gasteiger partial charge in [0.15, 0.2) is 0 Å². The zero-order valence-electron chi connectivity index (χ0n) is 22.2. The molecule has 202 valence electrons. The molecule has 6 rings (SSSR count). The van der Waals surface area contributed by atoms with E-state index in [1.807, 2.05) is 49.6 Å². The van der Waals surface area contributed by atoms with Crippen molar-refractivity contribution < 1.29 is 19.4 Å². The number of hydrogen-bond acceptors (Lipinski definition) is 6. The minimum absolute atomic E-state index is 0.0198. The first kappa shape index (κ1) is 25.3. The third-order valence-corrected chi connectivity index (χ3v) is 8.04. The number of aryl methyl sites for hydroxylation is 1. The van der Waals surface area contributed by atoms with Crippen LogP contribution < -0.4 is 4.74 Å². The minimum Gasteiger partial charge on any atom is -0.493 e. The number of methoxy groups -OCH3 is 1. The third-order valence-electron chi connectivity index (χ3n) is 8.04. The van der Waals surface area contributed by atoms with Crippen molar-refractivity contribution in [3.05, 3.63) is 77.9 Å². The SMILES string of the molecule is COC1CCCCC1COc1cccc(-c2cccc(-n3ncc(C(=O)O)c3[C@H]3C[C@@H]3c3cn(C)nn3)c2)c1. The van der Waals surface area contributed by atoms with Gasteiger partial charge in [0.2, 0.25) is 0 Å². The van der Waals surface area contributed by atoms with E-state index in [9.17, 15) is 9.90 Å². The number of hydrogen-bond donors (Lipinski definition) is 1. The highest BCUT2D eigenvalue weighted by Gasteiger charge is 2.46. The highest BCUT2D eigenvalue weighted by molar-refractivity contribution is 5.89. The smallest absolute Gasteiger partial charge is 0.339 e. The summed E-state index contributed by atoms with van der Waals surface area (Å²) in [5.74, 6) is 0.412. The lowest BCUT2D eigenvalue weighted by Gasteiger charge is -2.30. The van der Waals surface area contributed by atoms with Crippen LogP contribution in [0.15, 0.2) is 60.9 Å². The molecule has 2 unspecified atom stereocenters.